The van der Waals surface area contributed by atoms with Crippen LogP contribution in [-0.4, -0.2) is 6.54 Å². The highest BCUT2D eigenvalue weighted by Gasteiger charge is 2.12. The van der Waals surface area contributed by atoms with Gasteiger partial charge in [-0.1, -0.05) is 54.1 Å². The van der Waals surface area contributed by atoms with Crippen LogP contribution in [0.4, 0.5) is 0 Å². The molecule has 0 amide bonds. The van der Waals surface area contributed by atoms with Crippen LogP contribution in [0.5, 0.6) is 0 Å². The van der Waals surface area contributed by atoms with E-state index in [9.17, 15) is 0 Å². The van der Waals surface area contributed by atoms with E-state index >= 15 is 0 Å². The lowest BCUT2D eigenvalue weighted by Crippen LogP contribution is -2.08. The van der Waals surface area contributed by atoms with E-state index in [0.29, 0.717) is 12.5 Å². The summed E-state index contributed by atoms with van der Waals surface area (Å²) in [6, 6.07) is 18.5. The molecule has 0 unspecified atom stereocenters. The molecule has 0 fully saturated rings. The zero-order valence-electron chi connectivity index (χ0n) is 9.64. The van der Waals surface area contributed by atoms with Crippen molar-refractivity contribution < 1.29 is 0 Å². The van der Waals surface area contributed by atoms with Gasteiger partial charge in [0.05, 0.1) is 0 Å². The van der Waals surface area contributed by atoms with E-state index in [1.54, 1.807) is 0 Å². The van der Waals surface area contributed by atoms with Gasteiger partial charge in [-0.05, 0) is 36.2 Å². The number of hydrogen-bond donors (Lipinski definition) is 1. The van der Waals surface area contributed by atoms with E-state index < -0.39 is 0 Å². The molecule has 0 radical (unpaired) electrons. The maximum Gasteiger partial charge on any atom is 0.0406 e. The minimum absolute atomic E-state index is 0.360. The standard InChI is InChI=1S/C15H16ClN/c16-14-8-6-13(7-9-14)15(10-11-17)12-4-2-1-3-5-12/h1-9,15H,10-11,17H2/t15-/m1/s1. The Labute approximate surface area is 107 Å². The van der Waals surface area contributed by atoms with Crippen molar-refractivity contribution in [3.05, 3.63) is 70.7 Å². The van der Waals surface area contributed by atoms with Crippen molar-refractivity contribution in [2.24, 2.45) is 5.73 Å². The summed E-state index contributed by atoms with van der Waals surface area (Å²) in [4.78, 5) is 0. The zero-order valence-corrected chi connectivity index (χ0v) is 10.4. The lowest BCUT2D eigenvalue weighted by Gasteiger charge is -2.17. The highest BCUT2D eigenvalue weighted by Crippen LogP contribution is 2.28. The van der Waals surface area contributed by atoms with Gasteiger partial charge in [0.2, 0.25) is 0 Å². The summed E-state index contributed by atoms with van der Waals surface area (Å²) in [7, 11) is 0. The molecule has 17 heavy (non-hydrogen) atoms. The van der Waals surface area contributed by atoms with Gasteiger partial charge in [-0.25, -0.2) is 0 Å². The highest BCUT2D eigenvalue weighted by atomic mass is 35.5. The topological polar surface area (TPSA) is 26.0 Å². The molecule has 88 valence electrons. The molecule has 0 saturated carbocycles. The van der Waals surface area contributed by atoms with Crippen LogP contribution >= 0.6 is 11.6 Å². The molecule has 1 atom stereocenters. The van der Waals surface area contributed by atoms with Crippen molar-refractivity contribution in [2.45, 2.75) is 12.3 Å². The fourth-order valence-electron chi connectivity index (χ4n) is 2.07. The predicted octanol–water partition coefficient (Wildman–Crippen LogP) is 3.82. The first-order valence-electron chi connectivity index (χ1n) is 5.81. The predicted molar refractivity (Wildman–Crippen MR) is 73.4 cm³/mol. The Morgan fingerprint density at radius 2 is 1.47 bits per heavy atom. The second-order valence-corrected chi connectivity index (χ2v) is 4.53. The van der Waals surface area contributed by atoms with Gasteiger partial charge in [0.15, 0.2) is 0 Å². The maximum absolute atomic E-state index is 5.91. The Morgan fingerprint density at radius 3 is 2.06 bits per heavy atom. The van der Waals surface area contributed by atoms with Gasteiger partial charge in [0, 0.05) is 10.9 Å². The van der Waals surface area contributed by atoms with Crippen molar-refractivity contribution in [3.63, 3.8) is 0 Å². The molecule has 0 aliphatic carbocycles. The molecule has 2 N–H and O–H groups in total. The van der Waals surface area contributed by atoms with Crippen LogP contribution in [0.2, 0.25) is 5.02 Å². The normalized spacial score (nSPS) is 12.4. The van der Waals surface area contributed by atoms with Crippen LogP contribution in [0.25, 0.3) is 0 Å². The third-order valence-electron chi connectivity index (χ3n) is 2.93. The summed E-state index contributed by atoms with van der Waals surface area (Å²) in [6.07, 6.45) is 0.950. The number of hydrogen-bond acceptors (Lipinski definition) is 1. The molecule has 0 bridgehead atoms. The monoisotopic (exact) mass is 245 g/mol. The second-order valence-electron chi connectivity index (χ2n) is 4.09. The molecule has 0 aliphatic rings. The minimum atomic E-state index is 0.360. The van der Waals surface area contributed by atoms with E-state index in [2.05, 4.69) is 36.4 Å². The van der Waals surface area contributed by atoms with E-state index in [-0.39, 0.29) is 0 Å². The molecule has 1 nitrogen and oxygen atoms in total. The lowest BCUT2D eigenvalue weighted by atomic mass is 9.89. The van der Waals surface area contributed by atoms with E-state index in [1.165, 1.54) is 11.1 Å². The molecular weight excluding hydrogens is 230 g/mol. The van der Waals surface area contributed by atoms with E-state index in [0.717, 1.165) is 11.4 Å². The molecule has 2 aromatic carbocycles. The molecule has 0 saturated heterocycles. The Kier molecular flexibility index (Phi) is 4.18. The van der Waals surface area contributed by atoms with E-state index in [4.69, 9.17) is 17.3 Å². The Balaban J connectivity index is 2.32. The molecular formula is C15H16ClN. The quantitative estimate of drug-likeness (QED) is 0.871. The molecule has 0 spiro atoms. The molecule has 0 aliphatic heterocycles. The van der Waals surface area contributed by atoms with Gasteiger partial charge < -0.3 is 5.73 Å². The van der Waals surface area contributed by atoms with Crippen LogP contribution in [0.15, 0.2) is 54.6 Å². The highest BCUT2D eigenvalue weighted by molar-refractivity contribution is 6.30. The summed E-state index contributed by atoms with van der Waals surface area (Å²) in [5.41, 5.74) is 8.28. The fraction of sp³-hybridized carbons (Fsp3) is 0.200. The summed E-state index contributed by atoms with van der Waals surface area (Å²) < 4.78 is 0. The summed E-state index contributed by atoms with van der Waals surface area (Å²) in [5, 5.41) is 0.772. The van der Waals surface area contributed by atoms with Crippen molar-refractivity contribution >= 4 is 11.6 Å². The van der Waals surface area contributed by atoms with Crippen LogP contribution in [-0.2, 0) is 0 Å². The maximum atomic E-state index is 5.91. The van der Waals surface area contributed by atoms with Crippen LogP contribution in [0.3, 0.4) is 0 Å². The summed E-state index contributed by atoms with van der Waals surface area (Å²) >= 11 is 5.91. The first kappa shape index (κ1) is 12.2. The SMILES string of the molecule is NCC[C@H](c1ccccc1)c1ccc(Cl)cc1. The third kappa shape index (κ3) is 3.09. The molecule has 2 aromatic rings. The second kappa shape index (κ2) is 5.85. The number of rotatable bonds is 4. The number of nitrogens with two attached hydrogens (primary N) is 1. The average Bonchev–Trinajstić information content (AvgIpc) is 2.38. The van der Waals surface area contributed by atoms with Gasteiger partial charge in [-0.3, -0.25) is 0 Å². The smallest absolute Gasteiger partial charge is 0.0406 e. The average molecular weight is 246 g/mol. The summed E-state index contributed by atoms with van der Waals surface area (Å²) in [6.45, 7) is 0.683. The van der Waals surface area contributed by atoms with Crippen LogP contribution in [0.1, 0.15) is 23.5 Å². The van der Waals surface area contributed by atoms with Gasteiger partial charge in [-0.15, -0.1) is 0 Å². The summed E-state index contributed by atoms with van der Waals surface area (Å²) in [5.74, 6) is 0.360. The Bertz CT molecular complexity index is 450. The minimum Gasteiger partial charge on any atom is -0.330 e. The van der Waals surface area contributed by atoms with Crippen molar-refractivity contribution in [3.8, 4) is 0 Å². The van der Waals surface area contributed by atoms with Crippen molar-refractivity contribution in [1.29, 1.82) is 0 Å². The van der Waals surface area contributed by atoms with Crippen LogP contribution < -0.4 is 5.73 Å². The van der Waals surface area contributed by atoms with Gasteiger partial charge in [-0.2, -0.15) is 0 Å². The lowest BCUT2D eigenvalue weighted by molar-refractivity contribution is 0.726. The molecule has 0 heterocycles. The first-order valence-corrected chi connectivity index (χ1v) is 6.19. The Morgan fingerprint density at radius 1 is 0.882 bits per heavy atom. The molecule has 2 heteroatoms. The van der Waals surface area contributed by atoms with Crippen LogP contribution in [0, 0.1) is 0 Å². The first-order chi connectivity index (χ1) is 8.31. The van der Waals surface area contributed by atoms with Gasteiger partial charge in [0.25, 0.3) is 0 Å². The number of halogens is 1. The van der Waals surface area contributed by atoms with Crippen molar-refractivity contribution in [1.82, 2.24) is 0 Å². The molecule has 2 rings (SSSR count). The van der Waals surface area contributed by atoms with Gasteiger partial charge >= 0.3 is 0 Å². The molecule has 0 aromatic heterocycles. The van der Waals surface area contributed by atoms with Crippen molar-refractivity contribution in [2.75, 3.05) is 6.54 Å². The van der Waals surface area contributed by atoms with E-state index in [1.807, 2.05) is 18.2 Å². The number of benzene rings is 2. The Hall–Kier alpha value is -1.31. The third-order valence-corrected chi connectivity index (χ3v) is 3.18. The largest absolute Gasteiger partial charge is 0.330 e. The van der Waals surface area contributed by atoms with Gasteiger partial charge in [0.1, 0.15) is 0 Å². The zero-order chi connectivity index (χ0) is 12.1. The fourth-order valence-corrected chi connectivity index (χ4v) is 2.20.